The molecule has 2 aromatic rings. The summed E-state index contributed by atoms with van der Waals surface area (Å²) >= 11 is 0. The predicted octanol–water partition coefficient (Wildman–Crippen LogP) is 2.63. The summed E-state index contributed by atoms with van der Waals surface area (Å²) in [6.45, 7) is 1.67. The molecule has 0 aromatic heterocycles. The average Bonchev–Trinajstić information content (AvgIpc) is 2.62. The van der Waals surface area contributed by atoms with E-state index in [0.29, 0.717) is 18.0 Å². The lowest BCUT2D eigenvalue weighted by molar-refractivity contribution is -0.125. The van der Waals surface area contributed by atoms with Gasteiger partial charge in [0.15, 0.2) is 0 Å². The summed E-state index contributed by atoms with van der Waals surface area (Å²) in [6, 6.07) is 12.9. The molecular formula is C19H23FN2O4. The Kier molecular flexibility index (Phi) is 9.42. The first-order chi connectivity index (χ1) is 12.4. The van der Waals surface area contributed by atoms with Crippen LogP contribution in [-0.2, 0) is 20.9 Å². The SMILES string of the molecule is CC(=O)NCC(=O)NCc1ccc(Oc2ccc(F)cc2)cc1.COC. The lowest BCUT2D eigenvalue weighted by atomic mass is 10.2. The largest absolute Gasteiger partial charge is 0.457 e. The zero-order chi connectivity index (χ0) is 19.4. The normalized spacial score (nSPS) is 9.54. The van der Waals surface area contributed by atoms with Gasteiger partial charge in [-0.25, -0.2) is 4.39 Å². The van der Waals surface area contributed by atoms with Gasteiger partial charge in [0.25, 0.3) is 0 Å². The van der Waals surface area contributed by atoms with Gasteiger partial charge >= 0.3 is 0 Å². The number of halogens is 1. The number of carbonyl (C=O) groups is 2. The van der Waals surface area contributed by atoms with E-state index >= 15 is 0 Å². The molecule has 0 unspecified atom stereocenters. The number of ether oxygens (including phenoxy) is 2. The van der Waals surface area contributed by atoms with Crippen LogP contribution in [-0.4, -0.2) is 32.6 Å². The number of benzene rings is 2. The van der Waals surface area contributed by atoms with Gasteiger partial charge in [0, 0.05) is 27.7 Å². The summed E-state index contributed by atoms with van der Waals surface area (Å²) in [5.74, 6) is 0.338. The van der Waals surface area contributed by atoms with Crippen molar-refractivity contribution in [3.8, 4) is 11.5 Å². The van der Waals surface area contributed by atoms with Crippen molar-refractivity contribution >= 4 is 11.8 Å². The Hall–Kier alpha value is -2.93. The summed E-state index contributed by atoms with van der Waals surface area (Å²) in [5, 5.41) is 5.12. The summed E-state index contributed by atoms with van der Waals surface area (Å²) in [6.07, 6.45) is 0. The van der Waals surface area contributed by atoms with Crippen LogP contribution in [0.4, 0.5) is 4.39 Å². The highest BCUT2D eigenvalue weighted by molar-refractivity contribution is 5.83. The van der Waals surface area contributed by atoms with Crippen LogP contribution in [0.5, 0.6) is 11.5 Å². The van der Waals surface area contributed by atoms with Crippen LogP contribution < -0.4 is 15.4 Å². The molecule has 26 heavy (non-hydrogen) atoms. The number of carbonyl (C=O) groups excluding carboxylic acids is 2. The number of nitrogens with one attached hydrogen (secondary N) is 2. The van der Waals surface area contributed by atoms with Crippen molar-refractivity contribution in [3.63, 3.8) is 0 Å². The predicted molar refractivity (Wildman–Crippen MR) is 96.4 cm³/mol. The quantitative estimate of drug-likeness (QED) is 0.828. The van der Waals surface area contributed by atoms with E-state index in [1.807, 2.05) is 12.1 Å². The second kappa shape index (κ2) is 11.6. The third-order valence-electron chi connectivity index (χ3n) is 2.96. The van der Waals surface area contributed by atoms with E-state index in [4.69, 9.17) is 4.74 Å². The van der Waals surface area contributed by atoms with Crippen molar-refractivity contribution in [3.05, 3.63) is 59.9 Å². The Bertz CT molecular complexity index is 688. The van der Waals surface area contributed by atoms with Crippen molar-refractivity contribution in [1.29, 1.82) is 0 Å². The first kappa shape index (κ1) is 21.1. The number of amides is 2. The van der Waals surface area contributed by atoms with E-state index in [1.165, 1.54) is 19.1 Å². The highest BCUT2D eigenvalue weighted by atomic mass is 19.1. The molecule has 0 fully saturated rings. The van der Waals surface area contributed by atoms with Crippen molar-refractivity contribution in [2.75, 3.05) is 20.8 Å². The van der Waals surface area contributed by atoms with Gasteiger partial charge in [-0.3, -0.25) is 9.59 Å². The third-order valence-corrected chi connectivity index (χ3v) is 2.96. The molecule has 2 rings (SSSR count). The van der Waals surface area contributed by atoms with Crippen LogP contribution in [0.3, 0.4) is 0 Å². The molecule has 0 atom stereocenters. The van der Waals surface area contributed by atoms with Crippen molar-refractivity contribution in [2.45, 2.75) is 13.5 Å². The van der Waals surface area contributed by atoms with E-state index in [2.05, 4.69) is 15.4 Å². The molecule has 0 bridgehead atoms. The minimum Gasteiger partial charge on any atom is -0.457 e. The molecule has 7 heteroatoms. The maximum atomic E-state index is 12.8. The van der Waals surface area contributed by atoms with Gasteiger partial charge in [-0.15, -0.1) is 0 Å². The standard InChI is InChI=1S/C17H17FN2O3.C2H6O/c1-12(21)19-11-17(22)20-10-13-2-6-15(7-3-13)23-16-8-4-14(18)5-9-16;1-3-2/h2-9H,10-11H2,1H3,(H,19,21)(H,20,22);1-2H3. The Morgan fingerprint density at radius 1 is 0.923 bits per heavy atom. The second-order valence-corrected chi connectivity index (χ2v) is 5.29. The highest BCUT2D eigenvalue weighted by Crippen LogP contribution is 2.21. The molecule has 0 aliphatic heterocycles. The van der Waals surface area contributed by atoms with Gasteiger partial charge in [0.2, 0.25) is 11.8 Å². The molecule has 6 nitrogen and oxygen atoms in total. The zero-order valence-corrected chi connectivity index (χ0v) is 15.0. The first-order valence-corrected chi connectivity index (χ1v) is 7.88. The van der Waals surface area contributed by atoms with Crippen LogP contribution in [0.2, 0.25) is 0 Å². The highest BCUT2D eigenvalue weighted by Gasteiger charge is 2.03. The molecule has 0 saturated heterocycles. The molecule has 2 N–H and O–H groups in total. The van der Waals surface area contributed by atoms with E-state index < -0.39 is 0 Å². The molecule has 0 aliphatic rings. The maximum absolute atomic E-state index is 12.8. The molecule has 0 radical (unpaired) electrons. The lowest BCUT2D eigenvalue weighted by Gasteiger charge is -2.08. The average molecular weight is 362 g/mol. The summed E-state index contributed by atoms with van der Waals surface area (Å²) in [5.41, 5.74) is 0.896. The van der Waals surface area contributed by atoms with Gasteiger partial charge in [-0.1, -0.05) is 12.1 Å². The maximum Gasteiger partial charge on any atom is 0.239 e. The Morgan fingerprint density at radius 3 is 1.92 bits per heavy atom. The van der Waals surface area contributed by atoms with Crippen molar-refractivity contribution in [1.82, 2.24) is 10.6 Å². The van der Waals surface area contributed by atoms with E-state index in [9.17, 15) is 14.0 Å². The summed E-state index contributed by atoms with van der Waals surface area (Å²) in [4.78, 5) is 22.2. The number of hydrogen-bond acceptors (Lipinski definition) is 4. The van der Waals surface area contributed by atoms with Crippen LogP contribution in [0, 0.1) is 5.82 Å². The fourth-order valence-corrected chi connectivity index (χ4v) is 1.78. The fourth-order valence-electron chi connectivity index (χ4n) is 1.78. The molecule has 140 valence electrons. The van der Waals surface area contributed by atoms with Gasteiger partial charge in [-0.2, -0.15) is 0 Å². The smallest absolute Gasteiger partial charge is 0.239 e. The Balaban J connectivity index is 0.00000105. The summed E-state index contributed by atoms with van der Waals surface area (Å²) in [7, 11) is 3.25. The monoisotopic (exact) mass is 362 g/mol. The molecule has 2 aromatic carbocycles. The van der Waals surface area contributed by atoms with Crippen molar-refractivity contribution in [2.24, 2.45) is 0 Å². The van der Waals surface area contributed by atoms with Crippen LogP contribution in [0.1, 0.15) is 12.5 Å². The van der Waals surface area contributed by atoms with E-state index in [-0.39, 0.29) is 24.2 Å². The first-order valence-electron chi connectivity index (χ1n) is 7.88. The van der Waals surface area contributed by atoms with Crippen LogP contribution in [0.25, 0.3) is 0 Å². The number of rotatable bonds is 6. The van der Waals surface area contributed by atoms with E-state index in [1.54, 1.807) is 38.5 Å². The van der Waals surface area contributed by atoms with Gasteiger partial charge in [0.1, 0.15) is 17.3 Å². The second-order valence-electron chi connectivity index (χ2n) is 5.29. The molecule has 0 aliphatic carbocycles. The zero-order valence-electron chi connectivity index (χ0n) is 15.0. The molecular weight excluding hydrogens is 339 g/mol. The van der Waals surface area contributed by atoms with Crippen LogP contribution in [0.15, 0.2) is 48.5 Å². The minimum absolute atomic E-state index is 0.0406. The van der Waals surface area contributed by atoms with E-state index in [0.717, 1.165) is 5.56 Å². The molecule has 2 amide bonds. The van der Waals surface area contributed by atoms with Gasteiger partial charge < -0.3 is 20.1 Å². The topological polar surface area (TPSA) is 76.7 Å². The molecule has 0 spiro atoms. The summed E-state index contributed by atoms with van der Waals surface area (Å²) < 4.78 is 22.6. The molecule has 0 saturated carbocycles. The third kappa shape index (κ3) is 8.79. The fraction of sp³-hybridized carbons (Fsp3) is 0.263. The number of hydrogen-bond donors (Lipinski definition) is 2. The van der Waals surface area contributed by atoms with Gasteiger partial charge in [0.05, 0.1) is 6.54 Å². The van der Waals surface area contributed by atoms with Gasteiger partial charge in [-0.05, 0) is 42.0 Å². The lowest BCUT2D eigenvalue weighted by Crippen LogP contribution is -2.35. The molecule has 0 heterocycles. The van der Waals surface area contributed by atoms with Crippen LogP contribution >= 0.6 is 0 Å². The Morgan fingerprint density at radius 2 is 1.42 bits per heavy atom. The van der Waals surface area contributed by atoms with Crippen molar-refractivity contribution < 1.29 is 23.5 Å². The Labute approximate surface area is 152 Å². The number of methoxy groups -OCH3 is 1. The minimum atomic E-state index is -0.317.